The standard InChI is InChI=1S/C14H27NO/c1-11-7-13(9-14(2,3)8-11)16-10-12-5-4-6-15-12/h11-13,15H,4-10H2,1-3H3. The first kappa shape index (κ1) is 12.4. The van der Waals surface area contributed by atoms with Gasteiger partial charge in [0.2, 0.25) is 0 Å². The monoisotopic (exact) mass is 225 g/mol. The lowest BCUT2D eigenvalue weighted by Crippen LogP contribution is -2.36. The summed E-state index contributed by atoms with van der Waals surface area (Å²) in [5.41, 5.74) is 0.478. The van der Waals surface area contributed by atoms with Gasteiger partial charge in [-0.05, 0) is 50.0 Å². The van der Waals surface area contributed by atoms with Crippen LogP contribution in [0.5, 0.6) is 0 Å². The van der Waals surface area contributed by atoms with Crippen LogP contribution in [0.4, 0.5) is 0 Å². The quantitative estimate of drug-likeness (QED) is 0.797. The van der Waals surface area contributed by atoms with Crippen molar-refractivity contribution in [1.29, 1.82) is 0 Å². The van der Waals surface area contributed by atoms with E-state index >= 15 is 0 Å². The maximum atomic E-state index is 6.11. The van der Waals surface area contributed by atoms with E-state index in [0.717, 1.165) is 12.5 Å². The summed E-state index contributed by atoms with van der Waals surface area (Å²) in [6.07, 6.45) is 6.97. The zero-order chi connectivity index (χ0) is 11.6. The first-order valence-electron chi connectivity index (χ1n) is 6.90. The predicted molar refractivity (Wildman–Crippen MR) is 67.6 cm³/mol. The van der Waals surface area contributed by atoms with Crippen molar-refractivity contribution in [2.45, 2.75) is 65.0 Å². The molecule has 2 rings (SSSR count). The van der Waals surface area contributed by atoms with E-state index in [9.17, 15) is 0 Å². The Kier molecular flexibility index (Phi) is 3.91. The lowest BCUT2D eigenvalue weighted by atomic mass is 9.71. The minimum absolute atomic E-state index is 0.478. The zero-order valence-corrected chi connectivity index (χ0v) is 11.1. The first-order chi connectivity index (χ1) is 7.55. The molecule has 0 bridgehead atoms. The third-order valence-electron chi connectivity index (χ3n) is 4.04. The summed E-state index contributed by atoms with van der Waals surface area (Å²) < 4.78 is 6.11. The third-order valence-corrected chi connectivity index (χ3v) is 4.04. The van der Waals surface area contributed by atoms with Gasteiger partial charge in [0.25, 0.3) is 0 Å². The Hall–Kier alpha value is -0.0800. The van der Waals surface area contributed by atoms with Crippen molar-refractivity contribution < 1.29 is 4.74 Å². The molecule has 0 spiro atoms. The van der Waals surface area contributed by atoms with Crippen LogP contribution in [0.3, 0.4) is 0 Å². The third kappa shape index (κ3) is 3.46. The minimum atomic E-state index is 0.478. The van der Waals surface area contributed by atoms with Crippen LogP contribution in [-0.4, -0.2) is 25.3 Å². The summed E-state index contributed by atoms with van der Waals surface area (Å²) in [6, 6.07) is 0.625. The van der Waals surface area contributed by atoms with Gasteiger partial charge in [-0.15, -0.1) is 0 Å². The van der Waals surface area contributed by atoms with Gasteiger partial charge in [0.1, 0.15) is 0 Å². The average molecular weight is 225 g/mol. The molecule has 1 aliphatic carbocycles. The second-order valence-electron chi connectivity index (χ2n) is 6.66. The second kappa shape index (κ2) is 5.05. The van der Waals surface area contributed by atoms with Gasteiger partial charge < -0.3 is 10.1 Å². The predicted octanol–water partition coefficient (Wildman–Crippen LogP) is 2.97. The van der Waals surface area contributed by atoms with Crippen molar-refractivity contribution in [3.05, 3.63) is 0 Å². The van der Waals surface area contributed by atoms with E-state index in [2.05, 4.69) is 26.1 Å². The van der Waals surface area contributed by atoms with Crippen molar-refractivity contribution in [3.8, 4) is 0 Å². The fraction of sp³-hybridized carbons (Fsp3) is 1.00. The molecular formula is C14H27NO. The molecule has 2 nitrogen and oxygen atoms in total. The topological polar surface area (TPSA) is 21.3 Å². The van der Waals surface area contributed by atoms with Gasteiger partial charge >= 0.3 is 0 Å². The SMILES string of the molecule is CC1CC(OCC2CCCN2)CC(C)(C)C1. The molecular weight excluding hydrogens is 198 g/mol. The molecule has 3 unspecified atom stereocenters. The molecule has 0 radical (unpaired) electrons. The van der Waals surface area contributed by atoms with Crippen LogP contribution in [0.1, 0.15) is 52.9 Å². The highest BCUT2D eigenvalue weighted by Crippen LogP contribution is 2.39. The van der Waals surface area contributed by atoms with E-state index in [1.807, 2.05) is 0 Å². The van der Waals surface area contributed by atoms with Crippen molar-refractivity contribution >= 4 is 0 Å². The highest BCUT2D eigenvalue weighted by atomic mass is 16.5. The van der Waals surface area contributed by atoms with Gasteiger partial charge in [-0.1, -0.05) is 20.8 Å². The Morgan fingerprint density at radius 1 is 1.31 bits per heavy atom. The Bertz CT molecular complexity index is 221. The van der Waals surface area contributed by atoms with E-state index in [-0.39, 0.29) is 0 Å². The molecule has 1 aliphatic heterocycles. The van der Waals surface area contributed by atoms with Gasteiger partial charge in [-0.2, -0.15) is 0 Å². The van der Waals surface area contributed by atoms with Crippen molar-refractivity contribution in [3.63, 3.8) is 0 Å². The van der Waals surface area contributed by atoms with E-state index in [0.29, 0.717) is 17.6 Å². The van der Waals surface area contributed by atoms with Gasteiger partial charge in [0.15, 0.2) is 0 Å². The normalized spacial score (nSPS) is 38.8. The largest absolute Gasteiger partial charge is 0.377 e. The number of hydrogen-bond donors (Lipinski definition) is 1. The van der Waals surface area contributed by atoms with Crippen molar-refractivity contribution in [1.82, 2.24) is 5.32 Å². The van der Waals surface area contributed by atoms with Crippen LogP contribution in [-0.2, 0) is 4.74 Å². The maximum Gasteiger partial charge on any atom is 0.0623 e. The molecule has 1 N–H and O–H groups in total. The van der Waals surface area contributed by atoms with Gasteiger partial charge in [0, 0.05) is 6.04 Å². The molecule has 1 heterocycles. The Morgan fingerprint density at radius 2 is 2.12 bits per heavy atom. The molecule has 94 valence electrons. The van der Waals surface area contributed by atoms with Crippen LogP contribution in [0.15, 0.2) is 0 Å². The molecule has 1 saturated carbocycles. The maximum absolute atomic E-state index is 6.11. The lowest BCUT2D eigenvalue weighted by molar-refractivity contribution is -0.0291. The minimum Gasteiger partial charge on any atom is -0.377 e. The van der Waals surface area contributed by atoms with Crippen LogP contribution in [0.2, 0.25) is 0 Å². The smallest absolute Gasteiger partial charge is 0.0623 e. The summed E-state index contributed by atoms with van der Waals surface area (Å²) in [6.45, 7) is 9.23. The molecule has 0 aromatic carbocycles. The average Bonchev–Trinajstić information content (AvgIpc) is 2.63. The number of nitrogens with one attached hydrogen (secondary N) is 1. The van der Waals surface area contributed by atoms with E-state index in [1.165, 1.54) is 38.6 Å². The molecule has 1 saturated heterocycles. The van der Waals surface area contributed by atoms with Crippen molar-refractivity contribution in [2.75, 3.05) is 13.2 Å². The summed E-state index contributed by atoms with van der Waals surface area (Å²) >= 11 is 0. The highest BCUT2D eigenvalue weighted by Gasteiger charge is 2.32. The molecule has 2 aliphatic rings. The summed E-state index contributed by atoms with van der Waals surface area (Å²) in [7, 11) is 0. The molecule has 0 amide bonds. The van der Waals surface area contributed by atoms with Crippen molar-refractivity contribution in [2.24, 2.45) is 11.3 Å². The molecule has 3 atom stereocenters. The second-order valence-corrected chi connectivity index (χ2v) is 6.66. The van der Waals surface area contributed by atoms with Gasteiger partial charge in [0.05, 0.1) is 12.7 Å². The number of hydrogen-bond acceptors (Lipinski definition) is 2. The molecule has 0 aromatic rings. The molecule has 2 fully saturated rings. The van der Waals surface area contributed by atoms with E-state index in [1.54, 1.807) is 0 Å². The van der Waals surface area contributed by atoms with Crippen LogP contribution in [0.25, 0.3) is 0 Å². The summed E-state index contributed by atoms with van der Waals surface area (Å²) in [4.78, 5) is 0. The Balaban J connectivity index is 1.75. The lowest BCUT2D eigenvalue weighted by Gasteiger charge is -2.39. The van der Waals surface area contributed by atoms with Crippen LogP contribution < -0.4 is 5.32 Å². The number of ether oxygens (including phenoxy) is 1. The fourth-order valence-electron chi connectivity index (χ4n) is 3.54. The Morgan fingerprint density at radius 3 is 2.75 bits per heavy atom. The van der Waals surface area contributed by atoms with E-state index in [4.69, 9.17) is 4.74 Å². The Labute approximate surface area is 100 Å². The first-order valence-corrected chi connectivity index (χ1v) is 6.90. The van der Waals surface area contributed by atoms with Crippen LogP contribution in [0, 0.1) is 11.3 Å². The summed E-state index contributed by atoms with van der Waals surface area (Å²) in [5.74, 6) is 0.824. The van der Waals surface area contributed by atoms with Gasteiger partial charge in [-0.3, -0.25) is 0 Å². The molecule has 16 heavy (non-hydrogen) atoms. The molecule has 0 aromatic heterocycles. The summed E-state index contributed by atoms with van der Waals surface area (Å²) in [5, 5.41) is 3.50. The fourth-order valence-corrected chi connectivity index (χ4v) is 3.54. The zero-order valence-electron chi connectivity index (χ0n) is 11.1. The molecule has 2 heteroatoms. The van der Waals surface area contributed by atoms with Gasteiger partial charge in [-0.25, -0.2) is 0 Å². The van der Waals surface area contributed by atoms with E-state index < -0.39 is 0 Å². The number of rotatable bonds is 3. The highest BCUT2D eigenvalue weighted by molar-refractivity contribution is 4.84. The van der Waals surface area contributed by atoms with Crippen LogP contribution >= 0.6 is 0 Å².